The number of rotatable bonds is 13. The van der Waals surface area contributed by atoms with Gasteiger partial charge < -0.3 is 15.0 Å². The van der Waals surface area contributed by atoms with Gasteiger partial charge in [-0.15, -0.1) is 0 Å². The molecule has 0 unspecified atom stereocenters. The number of amides is 2. The number of ether oxygens (including phenoxy) is 1. The van der Waals surface area contributed by atoms with Gasteiger partial charge in [0.25, 0.3) is 10.0 Å². The molecule has 0 bridgehead atoms. The summed E-state index contributed by atoms with van der Waals surface area (Å²) < 4.78 is 34.3. The lowest BCUT2D eigenvalue weighted by atomic mass is 10.1. The van der Waals surface area contributed by atoms with Crippen LogP contribution in [0.1, 0.15) is 38.3 Å². The van der Waals surface area contributed by atoms with Gasteiger partial charge in [-0.3, -0.25) is 13.9 Å². The number of aryl methyl sites for hydroxylation is 1. The molecule has 3 rings (SSSR count). The average molecular weight is 586 g/mol. The Morgan fingerprint density at radius 1 is 0.950 bits per heavy atom. The van der Waals surface area contributed by atoms with Crippen molar-refractivity contribution < 1.29 is 22.7 Å². The molecule has 10 heteroatoms. The zero-order valence-electron chi connectivity index (χ0n) is 23.3. The van der Waals surface area contributed by atoms with Crippen LogP contribution in [0.5, 0.6) is 5.75 Å². The number of sulfonamides is 1. The van der Waals surface area contributed by atoms with Gasteiger partial charge in [-0.25, -0.2) is 8.42 Å². The van der Waals surface area contributed by atoms with E-state index in [0.717, 1.165) is 21.9 Å². The maximum Gasteiger partial charge on any atom is 0.264 e. The number of halogens is 1. The van der Waals surface area contributed by atoms with Crippen molar-refractivity contribution in [2.75, 3.05) is 24.0 Å². The van der Waals surface area contributed by atoms with Crippen molar-refractivity contribution >= 4 is 39.1 Å². The van der Waals surface area contributed by atoms with Crippen molar-refractivity contribution in [1.29, 1.82) is 0 Å². The maximum absolute atomic E-state index is 13.9. The van der Waals surface area contributed by atoms with Gasteiger partial charge in [-0.1, -0.05) is 48.4 Å². The number of hydrogen-bond donors (Lipinski definition) is 1. The van der Waals surface area contributed by atoms with Crippen LogP contribution in [-0.4, -0.2) is 50.9 Å². The molecule has 0 heterocycles. The second-order valence-corrected chi connectivity index (χ2v) is 11.7. The highest BCUT2D eigenvalue weighted by Gasteiger charge is 2.32. The van der Waals surface area contributed by atoms with Crippen LogP contribution in [0.2, 0.25) is 5.02 Å². The Morgan fingerprint density at radius 2 is 1.57 bits per heavy atom. The first-order valence-electron chi connectivity index (χ1n) is 13.2. The summed E-state index contributed by atoms with van der Waals surface area (Å²) in [5.74, 6) is -0.271. The minimum absolute atomic E-state index is 0.0535. The quantitative estimate of drug-likeness (QED) is 0.298. The molecule has 0 saturated heterocycles. The smallest absolute Gasteiger partial charge is 0.264 e. The van der Waals surface area contributed by atoms with E-state index in [2.05, 4.69) is 5.32 Å². The Bertz CT molecular complexity index is 1380. The molecule has 0 spiro atoms. The Labute approximate surface area is 241 Å². The molecule has 40 heavy (non-hydrogen) atoms. The summed E-state index contributed by atoms with van der Waals surface area (Å²) in [6, 6.07) is 19.1. The molecule has 3 aromatic carbocycles. The van der Waals surface area contributed by atoms with E-state index in [-0.39, 0.29) is 17.3 Å². The van der Waals surface area contributed by atoms with E-state index in [0.29, 0.717) is 29.6 Å². The summed E-state index contributed by atoms with van der Waals surface area (Å²) in [5.41, 5.74) is 1.96. The highest BCUT2D eigenvalue weighted by molar-refractivity contribution is 7.92. The second-order valence-electron chi connectivity index (χ2n) is 9.37. The van der Waals surface area contributed by atoms with Crippen molar-refractivity contribution in [2.45, 2.75) is 51.6 Å². The summed E-state index contributed by atoms with van der Waals surface area (Å²) in [6.45, 7) is 7.80. The number of nitrogens with zero attached hydrogens (tertiary/aromatic N) is 2. The molecule has 0 aliphatic carbocycles. The molecule has 2 amide bonds. The summed E-state index contributed by atoms with van der Waals surface area (Å²) in [5, 5.41) is 3.37. The van der Waals surface area contributed by atoms with E-state index in [4.69, 9.17) is 16.3 Å². The van der Waals surface area contributed by atoms with Gasteiger partial charge in [0.05, 0.1) is 17.2 Å². The lowest BCUT2D eigenvalue weighted by Gasteiger charge is -2.32. The summed E-state index contributed by atoms with van der Waals surface area (Å²) in [7, 11) is -4.14. The number of benzene rings is 3. The van der Waals surface area contributed by atoms with Crippen LogP contribution < -0.4 is 14.4 Å². The van der Waals surface area contributed by atoms with E-state index < -0.39 is 28.5 Å². The maximum atomic E-state index is 13.9. The number of hydrogen-bond acceptors (Lipinski definition) is 5. The van der Waals surface area contributed by atoms with Crippen molar-refractivity contribution in [3.8, 4) is 5.75 Å². The number of nitrogens with one attached hydrogen (secondary N) is 1. The molecule has 0 fully saturated rings. The van der Waals surface area contributed by atoms with E-state index in [1.807, 2.05) is 20.8 Å². The highest BCUT2D eigenvalue weighted by Crippen LogP contribution is 2.27. The topological polar surface area (TPSA) is 96.0 Å². The molecule has 0 aliphatic rings. The van der Waals surface area contributed by atoms with Crippen molar-refractivity contribution in [1.82, 2.24) is 10.2 Å². The van der Waals surface area contributed by atoms with Gasteiger partial charge in [0, 0.05) is 18.1 Å². The molecule has 0 aromatic heterocycles. The molecule has 1 atom stereocenters. The van der Waals surface area contributed by atoms with E-state index in [1.54, 1.807) is 67.6 Å². The van der Waals surface area contributed by atoms with Crippen molar-refractivity contribution in [3.05, 3.63) is 88.9 Å². The van der Waals surface area contributed by atoms with Crippen LogP contribution in [0.25, 0.3) is 0 Å². The van der Waals surface area contributed by atoms with Gasteiger partial charge >= 0.3 is 0 Å². The molecule has 0 aliphatic heterocycles. The van der Waals surface area contributed by atoms with Crippen LogP contribution >= 0.6 is 11.6 Å². The van der Waals surface area contributed by atoms with Gasteiger partial charge in [-0.05, 0) is 81.3 Å². The van der Waals surface area contributed by atoms with E-state index in [1.165, 1.54) is 17.0 Å². The molecular weight excluding hydrogens is 550 g/mol. The number of anilines is 1. The van der Waals surface area contributed by atoms with Gasteiger partial charge in [0.15, 0.2) is 0 Å². The summed E-state index contributed by atoms with van der Waals surface area (Å²) >= 11 is 6.04. The normalized spacial score (nSPS) is 11.9. The summed E-state index contributed by atoms with van der Waals surface area (Å²) in [4.78, 5) is 28.3. The third kappa shape index (κ3) is 7.99. The van der Waals surface area contributed by atoms with Crippen LogP contribution in [0.3, 0.4) is 0 Å². The first-order valence-corrected chi connectivity index (χ1v) is 15.0. The minimum atomic E-state index is -4.14. The monoisotopic (exact) mass is 585 g/mol. The summed E-state index contributed by atoms with van der Waals surface area (Å²) in [6.07, 6.45) is 0.740. The third-order valence-electron chi connectivity index (χ3n) is 6.31. The van der Waals surface area contributed by atoms with Crippen molar-refractivity contribution in [3.63, 3.8) is 0 Å². The molecule has 214 valence electrons. The number of carbonyl (C=O) groups is 2. The van der Waals surface area contributed by atoms with E-state index in [9.17, 15) is 18.0 Å². The Kier molecular flexibility index (Phi) is 11.0. The lowest BCUT2D eigenvalue weighted by molar-refractivity contribution is -0.139. The number of carbonyl (C=O) groups excluding carboxylic acids is 2. The van der Waals surface area contributed by atoms with Gasteiger partial charge in [-0.2, -0.15) is 0 Å². The molecular formula is C30H36ClN3O5S. The van der Waals surface area contributed by atoms with Crippen LogP contribution in [0, 0.1) is 6.92 Å². The molecule has 1 N–H and O–H groups in total. The Morgan fingerprint density at radius 3 is 2.15 bits per heavy atom. The van der Waals surface area contributed by atoms with Gasteiger partial charge in [0.1, 0.15) is 18.3 Å². The fourth-order valence-corrected chi connectivity index (χ4v) is 5.55. The predicted octanol–water partition coefficient (Wildman–Crippen LogP) is 5.19. The SMILES string of the molecule is CCCNC(=O)[C@H](C)N(Cc1ccc(Cl)cc1)C(=O)CN(c1ccc(OCC)cc1)S(=O)(=O)c1ccc(C)cc1. The largest absolute Gasteiger partial charge is 0.494 e. The zero-order valence-corrected chi connectivity index (χ0v) is 24.8. The Balaban J connectivity index is 2.01. The molecule has 3 aromatic rings. The standard InChI is InChI=1S/C30H36ClN3O5S/c1-5-19-32-30(36)23(4)33(20-24-9-11-25(31)12-10-24)29(35)21-34(26-13-15-27(16-14-26)39-6-2)40(37,38)28-17-7-22(3)8-18-28/h7-18,23H,5-6,19-21H2,1-4H3,(H,32,36)/t23-/m0/s1. The molecule has 8 nitrogen and oxygen atoms in total. The zero-order chi connectivity index (χ0) is 29.3. The average Bonchev–Trinajstić information content (AvgIpc) is 2.94. The van der Waals surface area contributed by atoms with Gasteiger partial charge in [0.2, 0.25) is 11.8 Å². The lowest BCUT2D eigenvalue weighted by Crippen LogP contribution is -2.51. The fraction of sp³-hybridized carbons (Fsp3) is 0.333. The second kappa shape index (κ2) is 14.2. The van der Waals surface area contributed by atoms with Crippen LogP contribution in [0.15, 0.2) is 77.7 Å². The molecule has 0 radical (unpaired) electrons. The van der Waals surface area contributed by atoms with Crippen molar-refractivity contribution in [2.24, 2.45) is 0 Å². The van der Waals surface area contributed by atoms with Crippen LogP contribution in [0.4, 0.5) is 5.69 Å². The highest BCUT2D eigenvalue weighted by atomic mass is 35.5. The molecule has 0 saturated carbocycles. The van der Waals surface area contributed by atoms with E-state index >= 15 is 0 Å². The third-order valence-corrected chi connectivity index (χ3v) is 8.35. The predicted molar refractivity (Wildman–Crippen MR) is 158 cm³/mol. The Hall–Kier alpha value is -3.56. The minimum Gasteiger partial charge on any atom is -0.494 e. The fourth-order valence-electron chi connectivity index (χ4n) is 4.01. The van der Waals surface area contributed by atoms with Crippen LogP contribution in [-0.2, 0) is 26.2 Å². The first-order chi connectivity index (χ1) is 19.1. The first kappa shape index (κ1) is 31.0.